The molecule has 0 radical (unpaired) electrons. The van der Waals surface area contributed by atoms with Crippen LogP contribution in [-0.2, 0) is 24.3 Å². The minimum absolute atomic E-state index is 0.335. The molecule has 0 saturated heterocycles. The zero-order chi connectivity index (χ0) is 16.7. The van der Waals surface area contributed by atoms with E-state index in [2.05, 4.69) is 4.74 Å². The third-order valence-corrected chi connectivity index (χ3v) is 3.83. The molecule has 1 atom stereocenters. The van der Waals surface area contributed by atoms with Crippen LogP contribution in [0.2, 0.25) is 0 Å². The number of carbonyl (C=O) groups is 2. The van der Waals surface area contributed by atoms with Crippen LogP contribution in [0.25, 0.3) is 0 Å². The van der Waals surface area contributed by atoms with Crippen LogP contribution in [0.1, 0.15) is 25.7 Å². The van der Waals surface area contributed by atoms with Gasteiger partial charge < -0.3 is 9.84 Å². The van der Waals surface area contributed by atoms with E-state index in [0.29, 0.717) is 0 Å². The molecule has 0 spiro atoms. The minimum atomic E-state index is -4.48. The minimum Gasteiger partial charge on any atom is -0.480 e. The number of sulfonamides is 1. The number of carboxylic acid groups (broad SMARTS) is 1. The quantitative estimate of drug-likeness (QED) is 0.599. The first kappa shape index (κ1) is 19.6. The molecule has 0 aromatic rings. The Morgan fingerprint density at radius 3 is 2.33 bits per heavy atom. The predicted octanol–water partition coefficient (Wildman–Crippen LogP) is 0.655. The van der Waals surface area contributed by atoms with E-state index in [1.807, 2.05) is 0 Å². The monoisotopic (exact) mass is 335 g/mol. The number of esters is 1. The Labute approximate surface area is 119 Å². The third kappa shape index (κ3) is 10.1. The zero-order valence-corrected chi connectivity index (χ0v) is 12.0. The smallest absolute Gasteiger partial charge is 0.389 e. The van der Waals surface area contributed by atoms with Gasteiger partial charge in [-0.25, -0.2) is 13.1 Å². The van der Waals surface area contributed by atoms with Gasteiger partial charge in [0, 0.05) is 12.8 Å². The summed E-state index contributed by atoms with van der Waals surface area (Å²) in [5.74, 6) is -3.11. The van der Waals surface area contributed by atoms with E-state index in [-0.39, 0.29) is 12.8 Å². The van der Waals surface area contributed by atoms with Crippen molar-refractivity contribution in [3.8, 4) is 0 Å². The standard InChI is InChI=1S/C10H16F3NO6S/c1-20-8(15)4-3-7(9(16)17)14-21(18,19)6-2-5-10(11,12)13/h7,14H,2-6H2,1H3,(H,16,17)/t7-/m1/s1. The maximum atomic E-state index is 11.9. The van der Waals surface area contributed by atoms with Crippen molar-refractivity contribution in [1.82, 2.24) is 4.72 Å². The molecular formula is C10H16F3NO6S. The average Bonchev–Trinajstić information content (AvgIpc) is 2.31. The summed E-state index contributed by atoms with van der Waals surface area (Å²) < 4.78 is 64.7. The number of methoxy groups -OCH3 is 1. The van der Waals surface area contributed by atoms with Crippen LogP contribution in [-0.4, -0.2) is 50.5 Å². The summed E-state index contributed by atoms with van der Waals surface area (Å²) >= 11 is 0. The largest absolute Gasteiger partial charge is 0.480 e. The Morgan fingerprint density at radius 1 is 1.33 bits per heavy atom. The van der Waals surface area contributed by atoms with E-state index in [1.165, 1.54) is 0 Å². The highest BCUT2D eigenvalue weighted by Crippen LogP contribution is 2.21. The fourth-order valence-electron chi connectivity index (χ4n) is 1.34. The van der Waals surface area contributed by atoms with Crippen LogP contribution in [0.4, 0.5) is 13.2 Å². The molecule has 0 rings (SSSR count). The second-order valence-electron chi connectivity index (χ2n) is 4.16. The average molecular weight is 335 g/mol. The first-order valence-corrected chi connectivity index (χ1v) is 7.48. The predicted molar refractivity (Wildman–Crippen MR) is 64.9 cm³/mol. The van der Waals surface area contributed by atoms with Crippen LogP contribution < -0.4 is 4.72 Å². The topological polar surface area (TPSA) is 110 Å². The van der Waals surface area contributed by atoms with Gasteiger partial charge in [-0.3, -0.25) is 9.59 Å². The second-order valence-corrected chi connectivity index (χ2v) is 6.03. The van der Waals surface area contributed by atoms with Crippen molar-refractivity contribution in [1.29, 1.82) is 0 Å². The summed E-state index contributed by atoms with van der Waals surface area (Å²) in [6.45, 7) is 0. The summed E-state index contributed by atoms with van der Waals surface area (Å²) in [4.78, 5) is 21.7. The lowest BCUT2D eigenvalue weighted by Crippen LogP contribution is -2.42. The second kappa shape index (κ2) is 8.17. The number of rotatable bonds is 9. The summed E-state index contributed by atoms with van der Waals surface area (Å²) in [5.41, 5.74) is 0. The summed E-state index contributed by atoms with van der Waals surface area (Å²) in [6, 6.07) is -1.60. The van der Waals surface area contributed by atoms with Gasteiger partial charge in [-0.15, -0.1) is 0 Å². The number of carboxylic acids is 1. The number of hydrogen-bond acceptors (Lipinski definition) is 5. The van der Waals surface area contributed by atoms with Crippen LogP contribution in [0.5, 0.6) is 0 Å². The van der Waals surface area contributed by atoms with E-state index in [0.717, 1.165) is 7.11 Å². The number of nitrogens with one attached hydrogen (secondary N) is 1. The maximum absolute atomic E-state index is 11.9. The lowest BCUT2D eigenvalue weighted by Gasteiger charge is -2.14. The number of aliphatic carboxylic acids is 1. The third-order valence-electron chi connectivity index (χ3n) is 2.36. The molecule has 21 heavy (non-hydrogen) atoms. The molecule has 0 bridgehead atoms. The summed E-state index contributed by atoms with van der Waals surface area (Å²) in [6.07, 6.45) is -7.14. The van der Waals surface area contributed by atoms with Crippen LogP contribution >= 0.6 is 0 Å². The number of ether oxygens (including phenoxy) is 1. The molecule has 0 amide bonds. The van der Waals surface area contributed by atoms with Gasteiger partial charge in [-0.1, -0.05) is 0 Å². The molecule has 0 aromatic carbocycles. The van der Waals surface area contributed by atoms with E-state index in [1.54, 1.807) is 4.72 Å². The van der Waals surface area contributed by atoms with Crippen LogP contribution in [0, 0.1) is 0 Å². The maximum Gasteiger partial charge on any atom is 0.389 e. The normalized spacial score (nSPS) is 13.7. The lowest BCUT2D eigenvalue weighted by molar-refractivity contribution is -0.142. The van der Waals surface area contributed by atoms with Gasteiger partial charge in [0.2, 0.25) is 10.0 Å². The number of alkyl halides is 3. The van der Waals surface area contributed by atoms with Gasteiger partial charge in [-0.05, 0) is 12.8 Å². The molecule has 0 unspecified atom stereocenters. The van der Waals surface area contributed by atoms with E-state index >= 15 is 0 Å². The van der Waals surface area contributed by atoms with Crippen molar-refractivity contribution in [2.45, 2.75) is 37.9 Å². The molecule has 0 aliphatic heterocycles. The van der Waals surface area contributed by atoms with Crippen molar-refractivity contribution in [2.75, 3.05) is 12.9 Å². The molecule has 0 saturated carbocycles. The number of hydrogen-bond donors (Lipinski definition) is 2. The van der Waals surface area contributed by atoms with Crippen molar-refractivity contribution in [2.24, 2.45) is 0 Å². The van der Waals surface area contributed by atoms with Crippen molar-refractivity contribution >= 4 is 22.0 Å². The number of carbonyl (C=O) groups excluding carboxylic acids is 1. The Kier molecular flexibility index (Phi) is 7.64. The van der Waals surface area contributed by atoms with Crippen molar-refractivity contribution < 1.29 is 41.0 Å². The Hall–Kier alpha value is -1.36. The molecule has 0 aliphatic rings. The van der Waals surface area contributed by atoms with Gasteiger partial charge in [0.15, 0.2) is 0 Å². The molecule has 0 aromatic heterocycles. The highest BCUT2D eigenvalue weighted by molar-refractivity contribution is 7.89. The Balaban J connectivity index is 4.48. The summed E-state index contributed by atoms with van der Waals surface area (Å²) in [7, 11) is -3.10. The Morgan fingerprint density at radius 2 is 1.90 bits per heavy atom. The van der Waals surface area contributed by atoms with E-state index < -0.39 is 52.8 Å². The highest BCUT2D eigenvalue weighted by atomic mass is 32.2. The molecule has 11 heteroatoms. The van der Waals surface area contributed by atoms with E-state index in [4.69, 9.17) is 5.11 Å². The fourth-order valence-corrected chi connectivity index (χ4v) is 2.63. The molecular weight excluding hydrogens is 319 g/mol. The molecule has 2 N–H and O–H groups in total. The first-order valence-electron chi connectivity index (χ1n) is 5.83. The SMILES string of the molecule is COC(=O)CC[C@@H](NS(=O)(=O)CCCC(F)(F)F)C(=O)O. The van der Waals surface area contributed by atoms with Crippen molar-refractivity contribution in [3.63, 3.8) is 0 Å². The lowest BCUT2D eigenvalue weighted by atomic mass is 10.2. The highest BCUT2D eigenvalue weighted by Gasteiger charge is 2.29. The van der Waals surface area contributed by atoms with Crippen LogP contribution in [0.15, 0.2) is 0 Å². The molecule has 124 valence electrons. The molecule has 0 heterocycles. The van der Waals surface area contributed by atoms with Gasteiger partial charge in [0.25, 0.3) is 0 Å². The van der Waals surface area contributed by atoms with Gasteiger partial charge in [0.05, 0.1) is 12.9 Å². The molecule has 7 nitrogen and oxygen atoms in total. The van der Waals surface area contributed by atoms with E-state index in [9.17, 15) is 31.2 Å². The number of halogens is 3. The van der Waals surface area contributed by atoms with Gasteiger partial charge in [-0.2, -0.15) is 13.2 Å². The fraction of sp³-hybridized carbons (Fsp3) is 0.800. The van der Waals surface area contributed by atoms with Crippen LogP contribution in [0.3, 0.4) is 0 Å². The Bertz CT molecular complexity index is 462. The first-order chi connectivity index (χ1) is 9.47. The zero-order valence-electron chi connectivity index (χ0n) is 11.1. The van der Waals surface area contributed by atoms with Gasteiger partial charge in [0.1, 0.15) is 6.04 Å². The molecule has 0 aliphatic carbocycles. The van der Waals surface area contributed by atoms with Gasteiger partial charge >= 0.3 is 18.1 Å². The summed E-state index contributed by atoms with van der Waals surface area (Å²) in [5, 5.41) is 8.82. The molecule has 0 fully saturated rings. The van der Waals surface area contributed by atoms with Crippen molar-refractivity contribution in [3.05, 3.63) is 0 Å².